The van der Waals surface area contributed by atoms with E-state index in [-0.39, 0.29) is 0 Å². The minimum atomic E-state index is 0.984. The van der Waals surface area contributed by atoms with Gasteiger partial charge < -0.3 is 0 Å². The van der Waals surface area contributed by atoms with Crippen molar-refractivity contribution >= 4 is 0 Å². The van der Waals surface area contributed by atoms with Crippen LogP contribution in [0.5, 0.6) is 0 Å². The first-order valence-corrected chi connectivity index (χ1v) is 6.14. The molecule has 1 aromatic heterocycles. The molecular formula is C16H13N3. The molecule has 0 fully saturated rings. The summed E-state index contributed by atoms with van der Waals surface area (Å²) in [5.41, 5.74) is 5.46. The van der Waals surface area contributed by atoms with E-state index in [0.29, 0.717) is 0 Å². The van der Waals surface area contributed by atoms with Crippen molar-refractivity contribution in [1.82, 2.24) is 15.0 Å². The Morgan fingerprint density at radius 2 is 1.68 bits per heavy atom. The second-order valence-corrected chi connectivity index (χ2v) is 4.39. The van der Waals surface area contributed by atoms with Crippen molar-refractivity contribution < 1.29 is 0 Å². The van der Waals surface area contributed by atoms with Gasteiger partial charge in [0.15, 0.2) is 0 Å². The van der Waals surface area contributed by atoms with E-state index in [4.69, 9.17) is 0 Å². The first-order valence-electron chi connectivity index (χ1n) is 6.14. The quantitative estimate of drug-likeness (QED) is 0.517. The molecule has 1 aromatic carbocycles. The summed E-state index contributed by atoms with van der Waals surface area (Å²) in [5.74, 6) is 0. The maximum Gasteiger partial charge on any atom is 0.0947 e. The molecule has 3 nitrogen and oxygen atoms in total. The Hall–Kier alpha value is -2.42. The van der Waals surface area contributed by atoms with Gasteiger partial charge in [-0.3, -0.25) is 0 Å². The highest BCUT2D eigenvalue weighted by Gasteiger charge is 2.20. The second-order valence-electron chi connectivity index (χ2n) is 4.39. The van der Waals surface area contributed by atoms with Crippen LogP contribution >= 0.6 is 0 Å². The van der Waals surface area contributed by atoms with E-state index in [9.17, 15) is 0 Å². The summed E-state index contributed by atoms with van der Waals surface area (Å²) in [6.07, 6.45) is 0. The van der Waals surface area contributed by atoms with Gasteiger partial charge in [0.2, 0.25) is 0 Å². The molecule has 19 heavy (non-hydrogen) atoms. The topological polar surface area (TPSA) is 30.7 Å². The Morgan fingerprint density at radius 1 is 1.00 bits per heavy atom. The molecule has 2 radical (unpaired) electrons. The number of benzene rings is 2. The monoisotopic (exact) mass is 247 g/mol. The summed E-state index contributed by atoms with van der Waals surface area (Å²) in [6.45, 7) is 3.93. The zero-order valence-corrected chi connectivity index (χ0v) is 10.9. The van der Waals surface area contributed by atoms with Gasteiger partial charge >= 0.3 is 0 Å². The Morgan fingerprint density at radius 3 is 2.00 bits per heavy atom. The van der Waals surface area contributed by atoms with Crippen molar-refractivity contribution in [2.24, 2.45) is 0 Å². The lowest BCUT2D eigenvalue weighted by Gasteiger charge is -2.18. The van der Waals surface area contributed by atoms with Crippen LogP contribution in [0.25, 0.3) is 16.8 Å². The first kappa shape index (κ1) is 11.7. The molecule has 3 heteroatoms. The van der Waals surface area contributed by atoms with Crippen molar-refractivity contribution in [3.8, 4) is 16.8 Å². The Bertz CT molecular complexity index is 653. The molecule has 0 unspecified atom stereocenters. The van der Waals surface area contributed by atoms with E-state index in [0.717, 1.165) is 22.6 Å². The van der Waals surface area contributed by atoms with Gasteiger partial charge in [-0.15, -0.1) is 0 Å². The van der Waals surface area contributed by atoms with Gasteiger partial charge in [0.05, 0.1) is 17.1 Å². The summed E-state index contributed by atoms with van der Waals surface area (Å²) < 4.78 is 0. The molecule has 2 aliphatic rings. The SMILES string of the molecule is Cc1nn(-c2cc3c[c]c2-3)nc1C.[c]1ccccc1. The fraction of sp³-hybridized carbons (Fsp3) is 0.125. The standard InChI is InChI=1S/C10H8N3.C6H5/c1-6-7(2)12-13(11-6)10-5-8-3-4-9(8)10;1-2-4-6-5-3-1/h3,5H,1-2H3;1-5H. The third kappa shape index (κ3) is 2.15. The predicted octanol–water partition coefficient (Wildman–Crippen LogP) is 3.15. The molecule has 0 amide bonds. The molecule has 2 aliphatic carbocycles. The number of aromatic nitrogens is 3. The van der Waals surface area contributed by atoms with Crippen LogP contribution in [0, 0.1) is 26.0 Å². The zero-order chi connectivity index (χ0) is 13.2. The molecule has 0 saturated carbocycles. The molecule has 0 bridgehead atoms. The third-order valence-electron chi connectivity index (χ3n) is 3.04. The van der Waals surface area contributed by atoms with E-state index in [1.165, 1.54) is 5.56 Å². The molecule has 2 aromatic rings. The van der Waals surface area contributed by atoms with Crippen LogP contribution < -0.4 is 0 Å². The van der Waals surface area contributed by atoms with Crippen LogP contribution in [0.2, 0.25) is 0 Å². The lowest BCUT2D eigenvalue weighted by Crippen LogP contribution is -2.07. The fourth-order valence-electron chi connectivity index (χ4n) is 1.76. The molecule has 0 atom stereocenters. The van der Waals surface area contributed by atoms with Crippen LogP contribution in [0.1, 0.15) is 11.4 Å². The molecule has 92 valence electrons. The predicted molar refractivity (Wildman–Crippen MR) is 73.9 cm³/mol. The summed E-state index contributed by atoms with van der Waals surface area (Å²) in [6, 6.07) is 19.7. The number of hydrogen-bond donors (Lipinski definition) is 0. The summed E-state index contributed by atoms with van der Waals surface area (Å²) >= 11 is 0. The Balaban J connectivity index is 0.000000155. The highest BCUT2D eigenvalue weighted by Crippen LogP contribution is 2.37. The molecule has 0 N–H and O–H groups in total. The molecule has 1 heterocycles. The average molecular weight is 247 g/mol. The van der Waals surface area contributed by atoms with E-state index in [2.05, 4.69) is 28.4 Å². The lowest BCUT2D eigenvalue weighted by atomic mass is 9.91. The van der Waals surface area contributed by atoms with Crippen LogP contribution in [0.15, 0.2) is 42.5 Å². The number of aryl methyl sites for hydroxylation is 2. The van der Waals surface area contributed by atoms with Crippen LogP contribution in [-0.4, -0.2) is 15.0 Å². The van der Waals surface area contributed by atoms with Gasteiger partial charge in [0.25, 0.3) is 0 Å². The average Bonchev–Trinajstić information content (AvgIpc) is 2.75. The molecule has 4 rings (SSSR count). The zero-order valence-electron chi connectivity index (χ0n) is 10.9. The minimum absolute atomic E-state index is 0.984. The van der Waals surface area contributed by atoms with Crippen molar-refractivity contribution in [3.05, 3.63) is 66.0 Å². The van der Waals surface area contributed by atoms with Gasteiger partial charge in [-0.1, -0.05) is 30.3 Å². The third-order valence-corrected chi connectivity index (χ3v) is 3.04. The van der Waals surface area contributed by atoms with Crippen molar-refractivity contribution in [1.29, 1.82) is 0 Å². The van der Waals surface area contributed by atoms with E-state index < -0.39 is 0 Å². The second kappa shape index (κ2) is 4.69. The number of rotatable bonds is 1. The van der Waals surface area contributed by atoms with Crippen molar-refractivity contribution in [3.63, 3.8) is 0 Å². The van der Waals surface area contributed by atoms with Crippen molar-refractivity contribution in [2.75, 3.05) is 0 Å². The summed E-state index contributed by atoms with van der Waals surface area (Å²) in [4.78, 5) is 1.68. The van der Waals surface area contributed by atoms with E-state index in [1.54, 1.807) is 4.80 Å². The maximum absolute atomic E-state index is 4.30. The lowest BCUT2D eigenvalue weighted by molar-refractivity contribution is 0.737. The number of hydrogen-bond acceptors (Lipinski definition) is 2. The van der Waals surface area contributed by atoms with Gasteiger partial charge in [-0.25, -0.2) is 0 Å². The van der Waals surface area contributed by atoms with Crippen LogP contribution in [-0.2, 0) is 0 Å². The van der Waals surface area contributed by atoms with Gasteiger partial charge in [0.1, 0.15) is 0 Å². The van der Waals surface area contributed by atoms with Gasteiger partial charge in [0, 0.05) is 5.56 Å². The Labute approximate surface area is 112 Å². The maximum atomic E-state index is 4.30. The smallest absolute Gasteiger partial charge is 0.0947 e. The first-order chi connectivity index (χ1) is 9.25. The van der Waals surface area contributed by atoms with Gasteiger partial charge in [-0.05, 0) is 43.7 Å². The normalized spacial score (nSPS) is 10.6. The van der Waals surface area contributed by atoms with E-state index >= 15 is 0 Å². The summed E-state index contributed by atoms with van der Waals surface area (Å²) in [5, 5.41) is 8.60. The van der Waals surface area contributed by atoms with Crippen molar-refractivity contribution in [2.45, 2.75) is 13.8 Å². The fourth-order valence-corrected chi connectivity index (χ4v) is 1.76. The highest BCUT2D eigenvalue weighted by atomic mass is 15.5. The highest BCUT2D eigenvalue weighted by molar-refractivity contribution is 5.85. The van der Waals surface area contributed by atoms with E-state index in [1.807, 2.05) is 50.2 Å². The van der Waals surface area contributed by atoms with Gasteiger partial charge in [-0.2, -0.15) is 15.0 Å². The molecule has 0 spiro atoms. The molecule has 0 aliphatic heterocycles. The summed E-state index contributed by atoms with van der Waals surface area (Å²) in [7, 11) is 0. The van der Waals surface area contributed by atoms with Crippen LogP contribution in [0.3, 0.4) is 0 Å². The Kier molecular flexibility index (Phi) is 2.88. The number of nitrogens with zero attached hydrogens (tertiary/aromatic N) is 3. The van der Waals surface area contributed by atoms with Crippen LogP contribution in [0.4, 0.5) is 0 Å². The largest absolute Gasteiger partial charge is 0.153 e. The molecule has 0 saturated heterocycles. The number of fused-ring (bicyclic) bond motifs is 1. The molecular weight excluding hydrogens is 234 g/mol. The minimum Gasteiger partial charge on any atom is -0.153 e.